The molecular formula is C12H14O4. The normalized spacial score (nSPS) is 32.0. The lowest BCUT2D eigenvalue weighted by molar-refractivity contribution is -0.0653. The second-order valence-corrected chi connectivity index (χ2v) is 4.13. The first-order valence-electron chi connectivity index (χ1n) is 5.44. The summed E-state index contributed by atoms with van der Waals surface area (Å²) >= 11 is 0. The molecule has 2 heterocycles. The maximum Gasteiger partial charge on any atom is 0.231 e. The molecule has 0 spiro atoms. The van der Waals surface area contributed by atoms with Gasteiger partial charge in [0.25, 0.3) is 0 Å². The van der Waals surface area contributed by atoms with E-state index in [4.69, 9.17) is 18.9 Å². The number of benzene rings is 1. The molecule has 2 unspecified atom stereocenters. The molecule has 0 aromatic heterocycles. The predicted octanol–water partition coefficient (Wildman–Crippen LogP) is 2.24. The van der Waals surface area contributed by atoms with Gasteiger partial charge in [-0.15, -0.1) is 0 Å². The summed E-state index contributed by atoms with van der Waals surface area (Å²) in [7, 11) is 0. The fourth-order valence-corrected chi connectivity index (χ4v) is 1.86. The van der Waals surface area contributed by atoms with E-state index in [9.17, 15) is 0 Å². The maximum absolute atomic E-state index is 5.70. The molecule has 16 heavy (non-hydrogen) atoms. The lowest BCUT2D eigenvalue weighted by Crippen LogP contribution is -2.13. The summed E-state index contributed by atoms with van der Waals surface area (Å²) in [5.74, 6) is 1.54. The van der Waals surface area contributed by atoms with Crippen LogP contribution in [0.1, 0.15) is 25.7 Å². The molecule has 0 bridgehead atoms. The summed E-state index contributed by atoms with van der Waals surface area (Å²) in [4.78, 5) is 0. The second kappa shape index (κ2) is 3.64. The Hall–Kier alpha value is -1.26. The van der Waals surface area contributed by atoms with Gasteiger partial charge < -0.3 is 18.9 Å². The molecule has 1 fully saturated rings. The van der Waals surface area contributed by atoms with Crippen molar-refractivity contribution in [2.75, 3.05) is 6.79 Å². The zero-order chi connectivity index (χ0) is 11.1. The lowest BCUT2D eigenvalue weighted by atomic mass is 10.2. The number of ether oxygens (including phenoxy) is 4. The van der Waals surface area contributed by atoms with Gasteiger partial charge in [0.1, 0.15) is 0 Å². The van der Waals surface area contributed by atoms with E-state index in [0.29, 0.717) is 0 Å². The number of rotatable bonds is 1. The van der Waals surface area contributed by atoms with Crippen LogP contribution >= 0.6 is 0 Å². The predicted molar refractivity (Wildman–Crippen MR) is 56.4 cm³/mol. The molecule has 0 aliphatic carbocycles. The minimum atomic E-state index is -0.292. The van der Waals surface area contributed by atoms with Crippen LogP contribution in [0.5, 0.6) is 11.5 Å². The first kappa shape index (κ1) is 9.93. The van der Waals surface area contributed by atoms with E-state index >= 15 is 0 Å². The van der Waals surface area contributed by atoms with Gasteiger partial charge in [-0.1, -0.05) is 0 Å². The van der Waals surface area contributed by atoms with Crippen molar-refractivity contribution in [1.82, 2.24) is 0 Å². The number of hydrogen-bond acceptors (Lipinski definition) is 4. The molecule has 4 heteroatoms. The summed E-state index contributed by atoms with van der Waals surface area (Å²) in [6, 6.07) is 5.75. The Labute approximate surface area is 94.1 Å². The van der Waals surface area contributed by atoms with Crippen molar-refractivity contribution in [3.05, 3.63) is 23.8 Å². The molecule has 2 aliphatic rings. The first-order valence-corrected chi connectivity index (χ1v) is 5.44. The molecule has 86 valence electrons. The average Bonchev–Trinajstić information content (AvgIpc) is 2.85. The molecule has 0 saturated carbocycles. The zero-order valence-electron chi connectivity index (χ0n) is 9.30. The third-order valence-electron chi connectivity index (χ3n) is 3.01. The molecule has 0 amide bonds. The Morgan fingerprint density at radius 1 is 1.00 bits per heavy atom. The average molecular weight is 222 g/mol. The maximum atomic E-state index is 5.70. The standard InChI is InChI=1S/C12H14O4/c1-7-8(2)16-12(15-7)9-3-4-10-11(5-9)14-6-13-10/h3-5,7-8,12H,6H2,1-2H3. The van der Waals surface area contributed by atoms with Gasteiger partial charge in [0.15, 0.2) is 17.8 Å². The van der Waals surface area contributed by atoms with Crippen LogP contribution in [0.15, 0.2) is 18.2 Å². The van der Waals surface area contributed by atoms with Gasteiger partial charge in [-0.3, -0.25) is 0 Å². The Balaban J connectivity index is 1.85. The van der Waals surface area contributed by atoms with E-state index in [1.54, 1.807) is 0 Å². The van der Waals surface area contributed by atoms with Crippen molar-refractivity contribution >= 4 is 0 Å². The minimum absolute atomic E-state index is 0.121. The summed E-state index contributed by atoms with van der Waals surface area (Å²) in [6.07, 6.45) is -0.0506. The molecule has 0 radical (unpaired) electrons. The summed E-state index contributed by atoms with van der Waals surface area (Å²) in [5.41, 5.74) is 0.973. The van der Waals surface area contributed by atoms with Crippen molar-refractivity contribution in [3.8, 4) is 11.5 Å². The largest absolute Gasteiger partial charge is 0.454 e. The smallest absolute Gasteiger partial charge is 0.231 e. The molecule has 4 nitrogen and oxygen atoms in total. The Bertz CT molecular complexity index is 394. The van der Waals surface area contributed by atoms with Crippen LogP contribution in [0.25, 0.3) is 0 Å². The highest BCUT2D eigenvalue weighted by molar-refractivity contribution is 5.44. The number of hydrogen-bond donors (Lipinski definition) is 0. The van der Waals surface area contributed by atoms with E-state index in [0.717, 1.165) is 17.1 Å². The van der Waals surface area contributed by atoms with Crippen molar-refractivity contribution in [2.24, 2.45) is 0 Å². The van der Waals surface area contributed by atoms with Gasteiger partial charge in [0.2, 0.25) is 6.79 Å². The monoisotopic (exact) mass is 222 g/mol. The van der Waals surface area contributed by atoms with Crippen LogP contribution in [-0.2, 0) is 9.47 Å². The molecule has 1 aromatic carbocycles. The van der Waals surface area contributed by atoms with Gasteiger partial charge in [-0.25, -0.2) is 0 Å². The highest BCUT2D eigenvalue weighted by atomic mass is 16.7. The molecule has 1 aromatic rings. The van der Waals surface area contributed by atoms with Crippen molar-refractivity contribution in [3.63, 3.8) is 0 Å². The fraction of sp³-hybridized carbons (Fsp3) is 0.500. The minimum Gasteiger partial charge on any atom is -0.454 e. The third-order valence-corrected chi connectivity index (χ3v) is 3.01. The van der Waals surface area contributed by atoms with Crippen LogP contribution in [0.3, 0.4) is 0 Å². The Morgan fingerprint density at radius 2 is 1.69 bits per heavy atom. The molecule has 2 atom stereocenters. The molecule has 0 N–H and O–H groups in total. The van der Waals surface area contributed by atoms with E-state index < -0.39 is 0 Å². The Morgan fingerprint density at radius 3 is 2.44 bits per heavy atom. The van der Waals surface area contributed by atoms with Crippen LogP contribution in [0.2, 0.25) is 0 Å². The second-order valence-electron chi connectivity index (χ2n) is 4.13. The van der Waals surface area contributed by atoms with Gasteiger partial charge in [-0.2, -0.15) is 0 Å². The molecule has 3 rings (SSSR count). The van der Waals surface area contributed by atoms with Crippen LogP contribution < -0.4 is 9.47 Å². The van der Waals surface area contributed by atoms with Crippen molar-refractivity contribution < 1.29 is 18.9 Å². The van der Waals surface area contributed by atoms with Crippen molar-refractivity contribution in [1.29, 1.82) is 0 Å². The van der Waals surface area contributed by atoms with Gasteiger partial charge >= 0.3 is 0 Å². The van der Waals surface area contributed by atoms with Crippen LogP contribution in [-0.4, -0.2) is 19.0 Å². The van der Waals surface area contributed by atoms with E-state index in [1.807, 2.05) is 32.0 Å². The van der Waals surface area contributed by atoms with Crippen LogP contribution in [0.4, 0.5) is 0 Å². The third kappa shape index (κ3) is 1.54. The molecule has 1 saturated heterocycles. The fourth-order valence-electron chi connectivity index (χ4n) is 1.86. The summed E-state index contributed by atoms with van der Waals surface area (Å²) in [5, 5.41) is 0. The zero-order valence-corrected chi connectivity index (χ0v) is 9.30. The van der Waals surface area contributed by atoms with E-state index in [-0.39, 0.29) is 25.3 Å². The van der Waals surface area contributed by atoms with Crippen molar-refractivity contribution in [2.45, 2.75) is 32.3 Å². The first-order chi connectivity index (χ1) is 7.74. The van der Waals surface area contributed by atoms with E-state index in [2.05, 4.69) is 0 Å². The SMILES string of the molecule is CC1OC(c2ccc3c(c2)OCO3)OC1C. The summed E-state index contributed by atoms with van der Waals surface area (Å²) in [6.45, 7) is 4.31. The highest BCUT2D eigenvalue weighted by Crippen LogP contribution is 2.38. The van der Waals surface area contributed by atoms with Gasteiger partial charge in [-0.05, 0) is 32.0 Å². The van der Waals surface area contributed by atoms with E-state index in [1.165, 1.54) is 0 Å². The van der Waals surface area contributed by atoms with Gasteiger partial charge in [0.05, 0.1) is 12.2 Å². The number of fused-ring (bicyclic) bond motifs is 1. The Kier molecular flexibility index (Phi) is 2.26. The lowest BCUT2D eigenvalue weighted by Gasteiger charge is -2.10. The molecular weight excluding hydrogens is 208 g/mol. The quantitative estimate of drug-likeness (QED) is 0.730. The van der Waals surface area contributed by atoms with Gasteiger partial charge in [0, 0.05) is 5.56 Å². The topological polar surface area (TPSA) is 36.9 Å². The van der Waals surface area contributed by atoms with Crippen LogP contribution in [0, 0.1) is 0 Å². The molecule has 2 aliphatic heterocycles. The summed E-state index contributed by atoms with van der Waals surface area (Å²) < 4.78 is 22.0. The highest BCUT2D eigenvalue weighted by Gasteiger charge is 2.31.